The van der Waals surface area contributed by atoms with Crippen molar-refractivity contribution in [1.82, 2.24) is 0 Å². The third-order valence-corrected chi connectivity index (χ3v) is 3.93. The van der Waals surface area contributed by atoms with E-state index in [0.29, 0.717) is 0 Å². The number of rotatable bonds is 3. The molecule has 0 spiro atoms. The van der Waals surface area contributed by atoms with E-state index in [4.69, 9.17) is 0 Å². The largest absolute Gasteiger partial charge is 0.573 e. The van der Waals surface area contributed by atoms with Crippen LogP contribution in [0.1, 0.15) is 0 Å². The van der Waals surface area contributed by atoms with Gasteiger partial charge in [0.25, 0.3) is 0 Å². The van der Waals surface area contributed by atoms with Crippen LogP contribution in [0.4, 0.5) is 13.2 Å². The number of halogens is 3. The van der Waals surface area contributed by atoms with Gasteiger partial charge in [0.1, 0.15) is 11.5 Å². The second-order valence-electron chi connectivity index (χ2n) is 4.50. The molecule has 0 aliphatic carbocycles. The number of hydrogen-bond donors (Lipinski definition) is 1. The summed E-state index contributed by atoms with van der Waals surface area (Å²) in [5.41, 5.74) is 0.289. The molecule has 0 aliphatic rings. The summed E-state index contributed by atoms with van der Waals surface area (Å²) in [6.07, 6.45) is -3.87. The normalized spacial score (nSPS) is 12.2. The highest BCUT2D eigenvalue weighted by Crippen LogP contribution is 2.37. The second kappa shape index (κ2) is 5.53. The predicted octanol–water partition coefficient (Wildman–Crippen LogP) is 3.36. The van der Waals surface area contributed by atoms with Gasteiger partial charge in [-0.25, -0.2) is 8.42 Å². The molecular formula is C14H11F3O4S. The van der Waals surface area contributed by atoms with Crippen LogP contribution >= 0.6 is 0 Å². The number of sulfone groups is 1. The number of hydrogen-bond acceptors (Lipinski definition) is 4. The first kappa shape index (κ1) is 16.2. The summed E-state index contributed by atoms with van der Waals surface area (Å²) in [6.45, 7) is 0. The number of phenolic OH excluding ortho intramolecular Hbond substituents is 1. The minimum atomic E-state index is -4.88. The Bertz CT molecular complexity index is 798. The van der Waals surface area contributed by atoms with Crippen molar-refractivity contribution in [2.24, 2.45) is 0 Å². The summed E-state index contributed by atoms with van der Waals surface area (Å²) in [4.78, 5) is -0.0326. The molecule has 4 nitrogen and oxygen atoms in total. The summed E-state index contributed by atoms with van der Waals surface area (Å²) < 4.78 is 63.6. The van der Waals surface area contributed by atoms with Crippen LogP contribution in [0.2, 0.25) is 0 Å². The molecule has 2 aromatic rings. The highest BCUT2D eigenvalue weighted by molar-refractivity contribution is 7.90. The molecule has 0 saturated carbocycles. The third kappa shape index (κ3) is 3.70. The lowest BCUT2D eigenvalue weighted by Crippen LogP contribution is -2.17. The smallest absolute Gasteiger partial charge is 0.507 e. The third-order valence-electron chi connectivity index (χ3n) is 2.78. The van der Waals surface area contributed by atoms with E-state index >= 15 is 0 Å². The monoisotopic (exact) mass is 332 g/mol. The van der Waals surface area contributed by atoms with Crippen LogP contribution < -0.4 is 4.74 Å². The molecule has 0 aliphatic heterocycles. The van der Waals surface area contributed by atoms with Crippen molar-refractivity contribution in [3.63, 3.8) is 0 Å². The fourth-order valence-electron chi connectivity index (χ4n) is 1.95. The van der Waals surface area contributed by atoms with Gasteiger partial charge in [0.15, 0.2) is 9.84 Å². The van der Waals surface area contributed by atoms with Gasteiger partial charge in [-0.15, -0.1) is 13.2 Å². The number of ether oxygens (including phenoxy) is 1. The minimum Gasteiger partial charge on any atom is -0.507 e. The standard InChI is InChI=1S/C14H11F3O4S/c1-22(19,20)13-5-3-2-4-11(13)10-7-6-9(8-12(10)18)21-14(15,16)17/h2-8,18H,1H3. The van der Waals surface area contributed by atoms with Crippen molar-refractivity contribution < 1.29 is 31.4 Å². The van der Waals surface area contributed by atoms with Gasteiger partial charge in [0.05, 0.1) is 4.90 Å². The van der Waals surface area contributed by atoms with Crippen molar-refractivity contribution in [1.29, 1.82) is 0 Å². The Kier molecular flexibility index (Phi) is 4.06. The van der Waals surface area contributed by atoms with Crippen LogP contribution in [-0.4, -0.2) is 26.1 Å². The quantitative estimate of drug-likeness (QED) is 0.936. The maximum absolute atomic E-state index is 12.1. The zero-order valence-electron chi connectivity index (χ0n) is 11.3. The SMILES string of the molecule is CS(=O)(=O)c1ccccc1-c1ccc(OC(F)(F)F)cc1O. The van der Waals surface area contributed by atoms with Crippen molar-refractivity contribution in [3.05, 3.63) is 42.5 Å². The second-order valence-corrected chi connectivity index (χ2v) is 6.48. The minimum absolute atomic E-state index is 0.0326. The average molecular weight is 332 g/mol. The molecule has 0 radical (unpaired) electrons. The maximum Gasteiger partial charge on any atom is 0.573 e. The fourth-order valence-corrected chi connectivity index (χ4v) is 2.85. The van der Waals surface area contributed by atoms with Crippen LogP contribution in [0.15, 0.2) is 47.4 Å². The number of benzene rings is 2. The van der Waals surface area contributed by atoms with Gasteiger partial charge in [-0.1, -0.05) is 18.2 Å². The van der Waals surface area contributed by atoms with Gasteiger partial charge in [-0.05, 0) is 18.2 Å². The fraction of sp³-hybridized carbons (Fsp3) is 0.143. The van der Waals surface area contributed by atoms with Crippen molar-refractivity contribution >= 4 is 9.84 Å². The molecular weight excluding hydrogens is 321 g/mol. The van der Waals surface area contributed by atoms with E-state index in [-0.39, 0.29) is 16.0 Å². The van der Waals surface area contributed by atoms with E-state index in [9.17, 15) is 26.7 Å². The van der Waals surface area contributed by atoms with Crippen LogP contribution in [0.5, 0.6) is 11.5 Å². The van der Waals surface area contributed by atoms with Crippen molar-refractivity contribution in [3.8, 4) is 22.6 Å². The number of aromatic hydroxyl groups is 1. The number of alkyl halides is 3. The zero-order chi connectivity index (χ0) is 16.5. The first-order valence-corrected chi connectivity index (χ1v) is 7.85. The van der Waals surface area contributed by atoms with Crippen molar-refractivity contribution in [2.75, 3.05) is 6.26 Å². The lowest BCUT2D eigenvalue weighted by Gasteiger charge is -2.12. The van der Waals surface area contributed by atoms with Gasteiger partial charge in [0.2, 0.25) is 0 Å². The molecule has 0 bridgehead atoms. The molecule has 8 heteroatoms. The molecule has 1 N–H and O–H groups in total. The molecule has 0 fully saturated rings. The molecule has 0 saturated heterocycles. The predicted molar refractivity (Wildman–Crippen MR) is 73.3 cm³/mol. The average Bonchev–Trinajstić information content (AvgIpc) is 2.36. The summed E-state index contributed by atoms with van der Waals surface area (Å²) in [7, 11) is -3.56. The molecule has 2 aromatic carbocycles. The van der Waals surface area contributed by atoms with E-state index < -0.39 is 27.7 Å². The van der Waals surface area contributed by atoms with Gasteiger partial charge < -0.3 is 9.84 Å². The molecule has 0 heterocycles. The van der Waals surface area contributed by atoms with Crippen LogP contribution in [0.3, 0.4) is 0 Å². The summed E-state index contributed by atoms with van der Waals surface area (Å²) >= 11 is 0. The Morgan fingerprint density at radius 1 is 1.05 bits per heavy atom. The first-order chi connectivity index (χ1) is 10.1. The summed E-state index contributed by atoms with van der Waals surface area (Å²) in [6, 6.07) is 8.82. The van der Waals surface area contributed by atoms with E-state index in [1.54, 1.807) is 6.07 Å². The highest BCUT2D eigenvalue weighted by atomic mass is 32.2. The van der Waals surface area contributed by atoms with Gasteiger partial charge in [0, 0.05) is 23.4 Å². The molecule has 0 aromatic heterocycles. The Hall–Kier alpha value is -2.22. The summed E-state index contributed by atoms with van der Waals surface area (Å²) in [5.74, 6) is -1.11. The molecule has 0 unspecified atom stereocenters. The molecule has 0 amide bonds. The van der Waals surface area contributed by atoms with Crippen LogP contribution in [-0.2, 0) is 9.84 Å². The van der Waals surface area contributed by atoms with E-state index in [1.165, 1.54) is 24.3 Å². The van der Waals surface area contributed by atoms with Crippen LogP contribution in [0.25, 0.3) is 11.1 Å². The lowest BCUT2D eigenvalue weighted by atomic mass is 10.0. The lowest BCUT2D eigenvalue weighted by molar-refractivity contribution is -0.274. The topological polar surface area (TPSA) is 63.6 Å². The van der Waals surface area contributed by atoms with Gasteiger partial charge in [-0.2, -0.15) is 0 Å². The Labute approximate surface area is 124 Å². The molecule has 0 atom stereocenters. The van der Waals surface area contributed by atoms with E-state index in [0.717, 1.165) is 18.4 Å². The Balaban J connectivity index is 2.52. The van der Waals surface area contributed by atoms with Crippen molar-refractivity contribution in [2.45, 2.75) is 11.3 Å². The zero-order valence-corrected chi connectivity index (χ0v) is 12.1. The van der Waals surface area contributed by atoms with Crippen LogP contribution in [0, 0.1) is 0 Å². The molecule has 118 valence electrons. The number of phenols is 1. The first-order valence-electron chi connectivity index (χ1n) is 5.96. The van der Waals surface area contributed by atoms with Gasteiger partial charge in [-0.3, -0.25) is 0 Å². The van der Waals surface area contributed by atoms with E-state index in [2.05, 4.69) is 4.74 Å². The Morgan fingerprint density at radius 2 is 1.68 bits per heavy atom. The highest BCUT2D eigenvalue weighted by Gasteiger charge is 2.31. The van der Waals surface area contributed by atoms with E-state index in [1.807, 2.05) is 0 Å². The molecule has 22 heavy (non-hydrogen) atoms. The summed E-state index contributed by atoms with van der Waals surface area (Å²) in [5, 5.41) is 9.89. The maximum atomic E-state index is 12.1. The Morgan fingerprint density at radius 3 is 2.23 bits per heavy atom. The molecule has 2 rings (SSSR count). The van der Waals surface area contributed by atoms with Gasteiger partial charge >= 0.3 is 6.36 Å².